The number of hydrogen-bond donors (Lipinski definition) is 2. The highest BCUT2D eigenvalue weighted by molar-refractivity contribution is 5.72. The van der Waals surface area contributed by atoms with E-state index < -0.39 is 12.1 Å². The number of aliphatic carboxylic acids is 1. The molecule has 0 aliphatic carbocycles. The first-order chi connectivity index (χ1) is 8.66. The lowest BCUT2D eigenvalue weighted by Gasteiger charge is -2.28. The summed E-state index contributed by atoms with van der Waals surface area (Å²) in [5.41, 5.74) is 1.92. The summed E-state index contributed by atoms with van der Waals surface area (Å²) in [6, 6.07) is 7.62. The van der Waals surface area contributed by atoms with Gasteiger partial charge in [-0.15, -0.1) is 0 Å². The summed E-state index contributed by atoms with van der Waals surface area (Å²) in [5.74, 6) is -1.19. The number of morpholine rings is 1. The lowest BCUT2D eigenvalue weighted by atomic mass is 10.1. The van der Waals surface area contributed by atoms with E-state index >= 15 is 0 Å². The summed E-state index contributed by atoms with van der Waals surface area (Å²) >= 11 is 0. The minimum Gasteiger partial charge on any atom is -0.479 e. The van der Waals surface area contributed by atoms with Crippen molar-refractivity contribution >= 4 is 11.7 Å². The largest absolute Gasteiger partial charge is 0.479 e. The number of carboxylic acid groups (broad SMARTS) is 1. The zero-order valence-electron chi connectivity index (χ0n) is 10.1. The van der Waals surface area contributed by atoms with Gasteiger partial charge >= 0.3 is 5.97 Å². The van der Waals surface area contributed by atoms with Crippen LogP contribution in [0.15, 0.2) is 24.3 Å². The number of carboxylic acids is 1. The van der Waals surface area contributed by atoms with Crippen LogP contribution >= 0.6 is 0 Å². The third-order valence-electron chi connectivity index (χ3n) is 3.03. The standard InChI is InChI=1S/C13H17NO4/c15-12(13(16)17)9-10-1-3-11(4-2-10)14-5-7-18-8-6-14/h1-4,12,15H,5-9H2,(H,16,17)/t12-/m1/s1. The van der Waals surface area contributed by atoms with Gasteiger partial charge in [0.15, 0.2) is 6.10 Å². The summed E-state index contributed by atoms with van der Waals surface area (Å²) in [6.45, 7) is 3.22. The molecule has 18 heavy (non-hydrogen) atoms. The minimum atomic E-state index is -1.33. The molecule has 2 rings (SSSR count). The molecule has 1 saturated heterocycles. The van der Waals surface area contributed by atoms with E-state index in [2.05, 4.69) is 4.90 Å². The molecule has 5 heteroatoms. The quantitative estimate of drug-likeness (QED) is 0.816. The Hall–Kier alpha value is -1.59. The fraction of sp³-hybridized carbons (Fsp3) is 0.462. The number of aliphatic hydroxyl groups excluding tert-OH is 1. The maximum absolute atomic E-state index is 10.5. The van der Waals surface area contributed by atoms with Crippen LogP contribution in [0.4, 0.5) is 5.69 Å². The lowest BCUT2D eigenvalue weighted by molar-refractivity contribution is -0.146. The zero-order chi connectivity index (χ0) is 13.0. The van der Waals surface area contributed by atoms with Gasteiger partial charge in [0.2, 0.25) is 0 Å². The average molecular weight is 251 g/mol. The predicted octanol–water partition coefficient (Wildman–Crippen LogP) is 0.511. The van der Waals surface area contributed by atoms with Crippen LogP contribution in [0, 0.1) is 0 Å². The molecule has 1 atom stereocenters. The second-order valence-electron chi connectivity index (χ2n) is 4.32. The summed E-state index contributed by atoms with van der Waals surface area (Å²) < 4.78 is 5.28. The van der Waals surface area contributed by atoms with Gasteiger partial charge in [-0.05, 0) is 17.7 Å². The third-order valence-corrected chi connectivity index (χ3v) is 3.03. The molecule has 1 aliphatic rings. The van der Waals surface area contributed by atoms with E-state index in [0.717, 1.165) is 37.6 Å². The molecule has 0 bridgehead atoms. The number of benzene rings is 1. The highest BCUT2D eigenvalue weighted by atomic mass is 16.5. The Balaban J connectivity index is 1.98. The van der Waals surface area contributed by atoms with Gasteiger partial charge in [0.25, 0.3) is 0 Å². The monoisotopic (exact) mass is 251 g/mol. The van der Waals surface area contributed by atoms with Gasteiger partial charge in [-0.3, -0.25) is 0 Å². The van der Waals surface area contributed by atoms with E-state index in [-0.39, 0.29) is 6.42 Å². The SMILES string of the molecule is O=C(O)[C@H](O)Cc1ccc(N2CCOCC2)cc1. The Morgan fingerprint density at radius 3 is 2.44 bits per heavy atom. The van der Waals surface area contributed by atoms with Crippen molar-refractivity contribution in [1.29, 1.82) is 0 Å². The van der Waals surface area contributed by atoms with Gasteiger partial charge in [0, 0.05) is 25.2 Å². The van der Waals surface area contributed by atoms with Crippen LogP contribution in [0.3, 0.4) is 0 Å². The summed E-state index contributed by atoms with van der Waals surface area (Å²) in [5, 5.41) is 17.9. The van der Waals surface area contributed by atoms with E-state index in [1.54, 1.807) is 0 Å². The fourth-order valence-corrected chi connectivity index (χ4v) is 1.97. The molecule has 1 aliphatic heterocycles. The van der Waals surface area contributed by atoms with Gasteiger partial charge in [0.05, 0.1) is 13.2 Å². The molecule has 0 aromatic heterocycles. The molecule has 0 spiro atoms. The molecule has 2 N–H and O–H groups in total. The van der Waals surface area contributed by atoms with Gasteiger partial charge in [-0.25, -0.2) is 4.79 Å². The molecule has 0 radical (unpaired) electrons. The first-order valence-electron chi connectivity index (χ1n) is 5.99. The third kappa shape index (κ3) is 3.21. The van der Waals surface area contributed by atoms with Crippen LogP contribution in [-0.4, -0.2) is 48.6 Å². The minimum absolute atomic E-state index is 0.138. The zero-order valence-corrected chi connectivity index (χ0v) is 10.1. The van der Waals surface area contributed by atoms with Gasteiger partial charge in [-0.2, -0.15) is 0 Å². The van der Waals surface area contributed by atoms with Crippen LogP contribution in [0.1, 0.15) is 5.56 Å². The predicted molar refractivity (Wildman–Crippen MR) is 66.8 cm³/mol. The van der Waals surface area contributed by atoms with Crippen molar-refractivity contribution in [3.8, 4) is 0 Å². The number of anilines is 1. The molecule has 1 aromatic carbocycles. The first-order valence-corrected chi connectivity index (χ1v) is 5.99. The highest BCUT2D eigenvalue weighted by Gasteiger charge is 2.14. The summed E-state index contributed by atoms with van der Waals surface area (Å²) in [6.07, 6.45) is -1.20. The van der Waals surface area contributed by atoms with Crippen LogP contribution in [0.2, 0.25) is 0 Å². The van der Waals surface area contributed by atoms with Crippen LogP contribution in [-0.2, 0) is 16.0 Å². The second kappa shape index (κ2) is 5.84. The summed E-state index contributed by atoms with van der Waals surface area (Å²) in [7, 11) is 0. The summed E-state index contributed by atoms with van der Waals surface area (Å²) in [4.78, 5) is 12.8. The van der Waals surface area contributed by atoms with Crippen LogP contribution in [0.5, 0.6) is 0 Å². The second-order valence-corrected chi connectivity index (χ2v) is 4.32. The van der Waals surface area contributed by atoms with E-state index in [1.807, 2.05) is 24.3 Å². The number of aliphatic hydroxyl groups is 1. The smallest absolute Gasteiger partial charge is 0.332 e. The number of rotatable bonds is 4. The maximum atomic E-state index is 10.5. The average Bonchev–Trinajstić information content (AvgIpc) is 2.40. The number of ether oxygens (including phenoxy) is 1. The fourth-order valence-electron chi connectivity index (χ4n) is 1.97. The van der Waals surface area contributed by atoms with Gasteiger partial charge < -0.3 is 19.8 Å². The van der Waals surface area contributed by atoms with Crippen molar-refractivity contribution in [2.24, 2.45) is 0 Å². The lowest BCUT2D eigenvalue weighted by Crippen LogP contribution is -2.36. The molecule has 1 heterocycles. The number of nitrogens with zero attached hydrogens (tertiary/aromatic N) is 1. The Morgan fingerprint density at radius 1 is 1.28 bits per heavy atom. The van der Waals surface area contributed by atoms with E-state index in [0.29, 0.717) is 0 Å². The molecule has 1 aromatic rings. The van der Waals surface area contributed by atoms with Crippen molar-refractivity contribution in [3.05, 3.63) is 29.8 Å². The molecule has 0 unspecified atom stereocenters. The normalized spacial score (nSPS) is 17.5. The Kier molecular flexibility index (Phi) is 4.17. The molecule has 98 valence electrons. The molecule has 1 fully saturated rings. The van der Waals surface area contributed by atoms with E-state index in [9.17, 15) is 9.90 Å². The Labute approximate surface area is 106 Å². The molecule has 5 nitrogen and oxygen atoms in total. The molecular formula is C13H17NO4. The van der Waals surface area contributed by atoms with E-state index in [1.165, 1.54) is 0 Å². The van der Waals surface area contributed by atoms with Crippen molar-refractivity contribution in [2.75, 3.05) is 31.2 Å². The molecule has 0 amide bonds. The van der Waals surface area contributed by atoms with Crippen molar-refractivity contribution in [1.82, 2.24) is 0 Å². The highest BCUT2D eigenvalue weighted by Crippen LogP contribution is 2.17. The van der Waals surface area contributed by atoms with Crippen LogP contribution < -0.4 is 4.90 Å². The van der Waals surface area contributed by atoms with E-state index in [4.69, 9.17) is 9.84 Å². The molecule has 0 saturated carbocycles. The van der Waals surface area contributed by atoms with Gasteiger partial charge in [-0.1, -0.05) is 12.1 Å². The van der Waals surface area contributed by atoms with Crippen molar-refractivity contribution in [2.45, 2.75) is 12.5 Å². The van der Waals surface area contributed by atoms with Crippen molar-refractivity contribution < 1.29 is 19.7 Å². The maximum Gasteiger partial charge on any atom is 0.332 e. The number of hydrogen-bond acceptors (Lipinski definition) is 4. The molecular weight excluding hydrogens is 234 g/mol. The van der Waals surface area contributed by atoms with Crippen molar-refractivity contribution in [3.63, 3.8) is 0 Å². The van der Waals surface area contributed by atoms with Gasteiger partial charge in [0.1, 0.15) is 0 Å². The first kappa shape index (κ1) is 12.9. The number of carbonyl (C=O) groups is 1. The van der Waals surface area contributed by atoms with Crippen LogP contribution in [0.25, 0.3) is 0 Å². The topological polar surface area (TPSA) is 70.0 Å². The Bertz CT molecular complexity index is 398. The Morgan fingerprint density at radius 2 is 1.89 bits per heavy atom.